The number of H-pyrrole nitrogens is 1. The summed E-state index contributed by atoms with van der Waals surface area (Å²) in [5.74, 6) is 0.560. The maximum absolute atomic E-state index is 11.9. The number of aromatic nitrogens is 4. The van der Waals surface area contributed by atoms with Gasteiger partial charge in [-0.3, -0.25) is 9.78 Å². The van der Waals surface area contributed by atoms with Crippen LogP contribution in [0.1, 0.15) is 18.2 Å². The zero-order valence-corrected chi connectivity index (χ0v) is 15.5. The van der Waals surface area contributed by atoms with Gasteiger partial charge < -0.3 is 5.32 Å². The minimum atomic E-state index is -0.0767. The van der Waals surface area contributed by atoms with E-state index >= 15 is 0 Å². The van der Waals surface area contributed by atoms with E-state index in [4.69, 9.17) is 0 Å². The Morgan fingerprint density at radius 2 is 2.00 bits per heavy atom. The summed E-state index contributed by atoms with van der Waals surface area (Å²) in [7, 11) is 0. The first-order chi connectivity index (χ1) is 13.2. The Morgan fingerprint density at radius 3 is 2.78 bits per heavy atom. The van der Waals surface area contributed by atoms with Crippen molar-refractivity contribution in [3.8, 4) is 0 Å². The summed E-state index contributed by atoms with van der Waals surface area (Å²) in [6, 6.07) is 15.4. The van der Waals surface area contributed by atoms with E-state index in [1.807, 2.05) is 55.5 Å². The van der Waals surface area contributed by atoms with Crippen LogP contribution in [-0.2, 0) is 11.3 Å². The Bertz CT molecular complexity index is 896. The molecule has 0 aliphatic rings. The Morgan fingerprint density at radius 1 is 1.19 bits per heavy atom. The largest absolute Gasteiger partial charge is 0.351 e. The van der Waals surface area contributed by atoms with Crippen LogP contribution >= 0.6 is 11.8 Å². The normalized spacial score (nSPS) is 11.2. The highest BCUT2D eigenvalue weighted by atomic mass is 32.2. The fourth-order valence-electron chi connectivity index (χ4n) is 2.11. The van der Waals surface area contributed by atoms with Crippen LogP contribution in [0.5, 0.6) is 0 Å². The maximum Gasteiger partial charge on any atom is 0.240 e. The molecule has 0 aliphatic carbocycles. The zero-order chi connectivity index (χ0) is 18.9. The van der Waals surface area contributed by atoms with Crippen molar-refractivity contribution < 1.29 is 4.79 Å². The number of thioether (sulfide) groups is 1. The third kappa shape index (κ3) is 5.93. The Labute approximate surface area is 160 Å². The number of carbonyl (C=O) groups excluding carboxylic acids is 1. The minimum absolute atomic E-state index is 0.0767. The summed E-state index contributed by atoms with van der Waals surface area (Å²) in [5.41, 5.74) is 5.36. The lowest BCUT2D eigenvalue weighted by atomic mass is 10.2. The van der Waals surface area contributed by atoms with Gasteiger partial charge >= 0.3 is 0 Å². The highest BCUT2D eigenvalue weighted by Gasteiger charge is 2.08. The van der Waals surface area contributed by atoms with Crippen LogP contribution in [0.3, 0.4) is 0 Å². The van der Waals surface area contributed by atoms with Crippen LogP contribution in [0.4, 0.5) is 5.95 Å². The highest BCUT2D eigenvalue weighted by Crippen LogP contribution is 2.13. The number of nitrogens with one attached hydrogen (secondary N) is 3. The molecule has 0 fully saturated rings. The molecule has 27 heavy (non-hydrogen) atoms. The van der Waals surface area contributed by atoms with E-state index in [-0.39, 0.29) is 11.7 Å². The number of benzene rings is 1. The third-order valence-electron chi connectivity index (χ3n) is 3.49. The Hall–Kier alpha value is -3.20. The smallest absolute Gasteiger partial charge is 0.240 e. The molecule has 0 aliphatic heterocycles. The van der Waals surface area contributed by atoms with Gasteiger partial charge in [0.1, 0.15) is 0 Å². The zero-order valence-electron chi connectivity index (χ0n) is 14.7. The number of hydrogen-bond acceptors (Lipinski definition) is 7. The molecule has 0 radical (unpaired) electrons. The molecule has 2 heterocycles. The number of hydrogen-bond donors (Lipinski definition) is 3. The number of aromatic amines is 1. The van der Waals surface area contributed by atoms with Crippen LogP contribution in [0.25, 0.3) is 0 Å². The maximum atomic E-state index is 11.9. The molecule has 2 aromatic heterocycles. The fraction of sp³-hybridized carbons (Fsp3) is 0.167. The Balaban J connectivity index is 1.44. The van der Waals surface area contributed by atoms with Crippen LogP contribution < -0.4 is 10.7 Å². The second kappa shape index (κ2) is 9.48. The highest BCUT2D eigenvalue weighted by molar-refractivity contribution is 7.99. The molecule has 3 rings (SSSR count). The molecule has 0 spiro atoms. The standard InChI is InChI=1S/C18H19N7OS/c1-13(15-9-5-6-10-19-15)22-23-17-21-18(25-24-17)27-12-16(26)20-11-14-7-3-2-4-8-14/h2-10H,11-12H2,1H3,(H,20,26)(H2,21,23,24,25)/b22-13+. The number of nitrogens with zero attached hydrogens (tertiary/aromatic N) is 4. The van der Waals surface area contributed by atoms with Crippen molar-refractivity contribution in [3.05, 3.63) is 66.0 Å². The molecule has 0 saturated carbocycles. The van der Waals surface area contributed by atoms with Gasteiger partial charge in [0.25, 0.3) is 0 Å². The second-order valence-electron chi connectivity index (χ2n) is 5.54. The average Bonchev–Trinajstić information content (AvgIpc) is 3.18. The quantitative estimate of drug-likeness (QED) is 0.314. The first-order valence-corrected chi connectivity index (χ1v) is 9.27. The second-order valence-corrected chi connectivity index (χ2v) is 6.48. The van der Waals surface area contributed by atoms with E-state index in [1.54, 1.807) is 6.20 Å². The van der Waals surface area contributed by atoms with Crippen LogP contribution in [0.2, 0.25) is 0 Å². The van der Waals surface area contributed by atoms with Gasteiger partial charge in [0, 0.05) is 12.7 Å². The number of pyridine rings is 1. The van der Waals surface area contributed by atoms with E-state index in [0.29, 0.717) is 17.6 Å². The van der Waals surface area contributed by atoms with E-state index in [1.165, 1.54) is 11.8 Å². The molecule has 8 nitrogen and oxygen atoms in total. The van der Waals surface area contributed by atoms with Crippen molar-refractivity contribution in [1.29, 1.82) is 0 Å². The molecule has 9 heteroatoms. The van der Waals surface area contributed by atoms with Gasteiger partial charge in [-0.15, -0.1) is 5.10 Å². The molecule has 0 unspecified atom stereocenters. The monoisotopic (exact) mass is 381 g/mol. The number of hydrazone groups is 1. The molecular formula is C18H19N7OS. The molecular weight excluding hydrogens is 362 g/mol. The topological polar surface area (TPSA) is 108 Å². The van der Waals surface area contributed by atoms with Gasteiger partial charge in [0.2, 0.25) is 17.0 Å². The van der Waals surface area contributed by atoms with Crippen LogP contribution in [0, 0.1) is 0 Å². The summed E-state index contributed by atoms with van der Waals surface area (Å²) in [4.78, 5) is 20.4. The predicted octanol–water partition coefficient (Wildman–Crippen LogP) is 2.44. The molecule has 138 valence electrons. The first-order valence-electron chi connectivity index (χ1n) is 8.28. The van der Waals surface area contributed by atoms with E-state index in [9.17, 15) is 4.79 Å². The third-order valence-corrected chi connectivity index (χ3v) is 4.34. The van der Waals surface area contributed by atoms with Crippen molar-refractivity contribution >= 4 is 29.3 Å². The first kappa shape index (κ1) is 18.6. The summed E-state index contributed by atoms with van der Waals surface area (Å²) < 4.78 is 0. The number of carbonyl (C=O) groups is 1. The van der Waals surface area contributed by atoms with Gasteiger partial charge in [0.05, 0.1) is 17.2 Å². The van der Waals surface area contributed by atoms with E-state index in [2.05, 4.69) is 36.0 Å². The molecule has 0 bridgehead atoms. The molecule has 3 aromatic rings. The lowest BCUT2D eigenvalue weighted by molar-refractivity contribution is -0.118. The minimum Gasteiger partial charge on any atom is -0.351 e. The van der Waals surface area contributed by atoms with Gasteiger partial charge in [-0.1, -0.05) is 48.2 Å². The molecule has 0 saturated heterocycles. The van der Waals surface area contributed by atoms with E-state index < -0.39 is 0 Å². The summed E-state index contributed by atoms with van der Waals surface area (Å²) in [6.45, 7) is 2.35. The SMILES string of the molecule is C/C(=N\Nc1nc(SCC(=O)NCc2ccccc2)n[nH]1)c1ccccn1. The number of amides is 1. The summed E-state index contributed by atoms with van der Waals surface area (Å²) in [6.07, 6.45) is 1.71. The van der Waals surface area contributed by atoms with Crippen molar-refractivity contribution in [2.45, 2.75) is 18.6 Å². The lowest BCUT2D eigenvalue weighted by Gasteiger charge is -2.03. The van der Waals surface area contributed by atoms with Crippen LogP contribution in [-0.4, -0.2) is 37.5 Å². The molecule has 3 N–H and O–H groups in total. The van der Waals surface area contributed by atoms with Gasteiger partial charge in [-0.25, -0.2) is 10.5 Å². The van der Waals surface area contributed by atoms with Gasteiger partial charge in [-0.2, -0.15) is 10.1 Å². The average molecular weight is 381 g/mol. The molecule has 0 atom stereocenters. The fourth-order valence-corrected chi connectivity index (χ4v) is 2.74. The van der Waals surface area contributed by atoms with Crippen LogP contribution in [0.15, 0.2) is 65.0 Å². The van der Waals surface area contributed by atoms with E-state index in [0.717, 1.165) is 17.0 Å². The molecule has 1 amide bonds. The predicted molar refractivity (Wildman–Crippen MR) is 105 cm³/mol. The summed E-state index contributed by atoms with van der Waals surface area (Å²) >= 11 is 1.25. The Kier molecular flexibility index (Phi) is 6.53. The lowest BCUT2D eigenvalue weighted by Crippen LogP contribution is -2.24. The van der Waals surface area contributed by atoms with Crippen molar-refractivity contribution in [3.63, 3.8) is 0 Å². The number of anilines is 1. The van der Waals surface area contributed by atoms with Crippen molar-refractivity contribution in [2.75, 3.05) is 11.2 Å². The molecule has 1 aromatic carbocycles. The van der Waals surface area contributed by atoms with Gasteiger partial charge in [0.15, 0.2) is 0 Å². The van der Waals surface area contributed by atoms with Crippen molar-refractivity contribution in [2.24, 2.45) is 5.10 Å². The van der Waals surface area contributed by atoms with Crippen molar-refractivity contribution in [1.82, 2.24) is 25.5 Å². The van der Waals surface area contributed by atoms with Gasteiger partial charge in [-0.05, 0) is 24.6 Å². The summed E-state index contributed by atoms with van der Waals surface area (Å²) in [5, 5.41) is 14.4. The number of rotatable bonds is 8.